The Hall–Kier alpha value is -3.55. The van der Waals surface area contributed by atoms with E-state index in [0.717, 1.165) is 24.0 Å². The van der Waals surface area contributed by atoms with Crippen LogP contribution in [0, 0.1) is 0 Å². The van der Waals surface area contributed by atoms with E-state index in [4.69, 9.17) is 0 Å². The van der Waals surface area contributed by atoms with Crippen molar-refractivity contribution in [1.29, 1.82) is 0 Å². The number of imidazole rings is 1. The van der Waals surface area contributed by atoms with Gasteiger partial charge in [-0.1, -0.05) is 29.5 Å². The van der Waals surface area contributed by atoms with Gasteiger partial charge in [0.25, 0.3) is 5.56 Å². The topological polar surface area (TPSA) is 94.7 Å². The summed E-state index contributed by atoms with van der Waals surface area (Å²) in [6.07, 6.45) is 2.79. The third-order valence-corrected chi connectivity index (χ3v) is 4.61. The quantitative estimate of drug-likeness (QED) is 0.496. The fraction of sp³-hybridized carbons (Fsp3) is 0.250. The van der Waals surface area contributed by atoms with Crippen LogP contribution in [-0.2, 0) is 17.9 Å². The van der Waals surface area contributed by atoms with Gasteiger partial charge in [-0.15, -0.1) is 5.10 Å². The van der Waals surface area contributed by atoms with Crippen LogP contribution in [-0.4, -0.2) is 37.0 Å². The number of fused-ring (bicyclic) bond motifs is 2. The van der Waals surface area contributed by atoms with E-state index in [1.54, 1.807) is 24.3 Å². The number of nitrogens with one attached hydrogen (secondary N) is 1. The largest absolute Gasteiger partial charge is 0.356 e. The summed E-state index contributed by atoms with van der Waals surface area (Å²) in [6, 6.07) is 15.0. The summed E-state index contributed by atoms with van der Waals surface area (Å²) in [7, 11) is 0. The van der Waals surface area contributed by atoms with Gasteiger partial charge in [-0.3, -0.25) is 9.59 Å². The Morgan fingerprint density at radius 2 is 1.79 bits per heavy atom. The van der Waals surface area contributed by atoms with Crippen LogP contribution in [0.4, 0.5) is 0 Å². The fourth-order valence-corrected chi connectivity index (χ4v) is 3.13. The molecular weight excluding hydrogens is 356 g/mol. The number of nitrogens with zero attached hydrogens (tertiary/aromatic N) is 5. The van der Waals surface area contributed by atoms with Gasteiger partial charge in [0.15, 0.2) is 0 Å². The van der Waals surface area contributed by atoms with E-state index in [-0.39, 0.29) is 24.4 Å². The Morgan fingerprint density at radius 3 is 2.68 bits per heavy atom. The van der Waals surface area contributed by atoms with E-state index in [1.807, 2.05) is 30.6 Å². The van der Waals surface area contributed by atoms with Gasteiger partial charge in [-0.2, -0.15) is 0 Å². The molecule has 2 aromatic heterocycles. The molecule has 0 saturated heterocycles. The number of aryl methyl sites for hydroxylation is 2. The van der Waals surface area contributed by atoms with E-state index in [2.05, 4.69) is 25.2 Å². The van der Waals surface area contributed by atoms with Gasteiger partial charge < -0.3 is 9.88 Å². The molecule has 0 saturated carbocycles. The summed E-state index contributed by atoms with van der Waals surface area (Å²) in [4.78, 5) is 28.8. The van der Waals surface area contributed by atoms with Crippen molar-refractivity contribution in [2.45, 2.75) is 25.9 Å². The highest BCUT2D eigenvalue weighted by molar-refractivity contribution is 5.77. The van der Waals surface area contributed by atoms with Crippen molar-refractivity contribution in [1.82, 2.24) is 29.9 Å². The van der Waals surface area contributed by atoms with Crippen molar-refractivity contribution < 1.29 is 4.79 Å². The van der Waals surface area contributed by atoms with Crippen molar-refractivity contribution in [3.63, 3.8) is 0 Å². The first-order chi connectivity index (χ1) is 13.7. The van der Waals surface area contributed by atoms with Crippen molar-refractivity contribution in [2.24, 2.45) is 0 Å². The van der Waals surface area contributed by atoms with E-state index in [1.165, 1.54) is 4.68 Å². The average Bonchev–Trinajstić information content (AvgIpc) is 3.14. The second-order valence-corrected chi connectivity index (χ2v) is 6.52. The Labute approximate surface area is 160 Å². The molecule has 2 aromatic carbocycles. The zero-order valence-corrected chi connectivity index (χ0v) is 15.3. The number of rotatable bonds is 7. The molecule has 142 valence electrons. The van der Waals surface area contributed by atoms with E-state index < -0.39 is 0 Å². The molecular formula is C20H20N6O2. The summed E-state index contributed by atoms with van der Waals surface area (Å²) in [5.74, 6) is -0.114. The molecule has 8 heteroatoms. The summed E-state index contributed by atoms with van der Waals surface area (Å²) < 4.78 is 3.31. The van der Waals surface area contributed by atoms with Crippen LogP contribution in [0.3, 0.4) is 0 Å². The number of para-hydroxylation sites is 2. The lowest BCUT2D eigenvalue weighted by atomic mass is 10.2. The Kier molecular flexibility index (Phi) is 5.09. The van der Waals surface area contributed by atoms with Gasteiger partial charge in [0.1, 0.15) is 5.52 Å². The summed E-state index contributed by atoms with van der Waals surface area (Å²) in [5.41, 5.74) is 2.38. The number of amides is 1. The van der Waals surface area contributed by atoms with Gasteiger partial charge in [0.05, 0.1) is 29.3 Å². The zero-order chi connectivity index (χ0) is 19.3. The Bertz CT molecular complexity index is 1180. The number of carbonyl (C=O) groups excluding carboxylic acids is 1. The van der Waals surface area contributed by atoms with Crippen LogP contribution < -0.4 is 10.9 Å². The molecule has 4 aromatic rings. The number of carbonyl (C=O) groups is 1. The normalized spacial score (nSPS) is 11.1. The summed E-state index contributed by atoms with van der Waals surface area (Å²) in [5, 5.41) is 11.3. The highest BCUT2D eigenvalue weighted by atomic mass is 16.2. The Balaban J connectivity index is 1.26. The minimum atomic E-state index is -0.231. The molecule has 0 aliphatic carbocycles. The molecule has 0 fully saturated rings. The minimum Gasteiger partial charge on any atom is -0.356 e. The molecule has 0 spiro atoms. The van der Waals surface area contributed by atoms with Crippen LogP contribution in [0.2, 0.25) is 0 Å². The molecule has 1 amide bonds. The van der Waals surface area contributed by atoms with Crippen molar-refractivity contribution in [3.05, 3.63) is 65.2 Å². The first kappa shape index (κ1) is 17.8. The first-order valence-electron chi connectivity index (χ1n) is 9.21. The standard InChI is InChI=1S/C20H20N6O2/c27-19(10-13-26-20(28)15-6-1-2-7-16(15)23-24-26)21-11-5-12-25-14-22-17-8-3-4-9-18(17)25/h1-4,6-9,14H,5,10-13H2,(H,21,27). The predicted molar refractivity (Wildman–Crippen MR) is 106 cm³/mol. The third kappa shape index (κ3) is 3.75. The molecule has 0 unspecified atom stereocenters. The van der Waals surface area contributed by atoms with Gasteiger partial charge in [0.2, 0.25) is 5.91 Å². The lowest BCUT2D eigenvalue weighted by Crippen LogP contribution is -2.30. The SMILES string of the molecule is O=C(CCn1nnc2ccccc2c1=O)NCCCn1cnc2ccccc21. The number of aromatic nitrogens is 5. The van der Waals surface area contributed by atoms with Crippen LogP contribution in [0.5, 0.6) is 0 Å². The maximum absolute atomic E-state index is 12.4. The molecule has 1 N–H and O–H groups in total. The molecule has 0 radical (unpaired) electrons. The monoisotopic (exact) mass is 376 g/mol. The lowest BCUT2D eigenvalue weighted by Gasteiger charge is -2.07. The van der Waals surface area contributed by atoms with Crippen molar-refractivity contribution >= 4 is 27.8 Å². The maximum atomic E-state index is 12.4. The number of hydrogen-bond donors (Lipinski definition) is 1. The number of benzene rings is 2. The highest BCUT2D eigenvalue weighted by Gasteiger charge is 2.08. The van der Waals surface area contributed by atoms with Crippen molar-refractivity contribution in [3.8, 4) is 0 Å². The second-order valence-electron chi connectivity index (χ2n) is 6.52. The minimum absolute atomic E-state index is 0.114. The summed E-state index contributed by atoms with van der Waals surface area (Å²) in [6.45, 7) is 1.54. The van der Waals surface area contributed by atoms with Crippen LogP contribution >= 0.6 is 0 Å². The molecule has 8 nitrogen and oxygen atoms in total. The molecule has 0 aliphatic heterocycles. The van der Waals surface area contributed by atoms with Gasteiger partial charge in [-0.25, -0.2) is 9.67 Å². The average molecular weight is 376 g/mol. The Morgan fingerprint density at radius 1 is 1.00 bits per heavy atom. The lowest BCUT2D eigenvalue weighted by molar-refractivity contribution is -0.121. The highest BCUT2D eigenvalue weighted by Crippen LogP contribution is 2.11. The smallest absolute Gasteiger partial charge is 0.277 e. The molecule has 4 rings (SSSR count). The zero-order valence-electron chi connectivity index (χ0n) is 15.3. The van der Waals surface area contributed by atoms with Crippen LogP contribution in [0.25, 0.3) is 21.9 Å². The first-order valence-corrected chi connectivity index (χ1v) is 9.21. The van der Waals surface area contributed by atoms with Crippen molar-refractivity contribution in [2.75, 3.05) is 6.54 Å². The van der Waals surface area contributed by atoms with Crippen LogP contribution in [0.15, 0.2) is 59.7 Å². The molecule has 0 bridgehead atoms. The van der Waals surface area contributed by atoms with Crippen LogP contribution in [0.1, 0.15) is 12.8 Å². The second kappa shape index (κ2) is 7.99. The van der Waals surface area contributed by atoms with Gasteiger partial charge in [0, 0.05) is 19.5 Å². The van der Waals surface area contributed by atoms with Gasteiger partial charge in [-0.05, 0) is 30.7 Å². The maximum Gasteiger partial charge on any atom is 0.277 e. The molecule has 28 heavy (non-hydrogen) atoms. The molecule has 0 atom stereocenters. The van der Waals surface area contributed by atoms with E-state index in [9.17, 15) is 9.59 Å². The van der Waals surface area contributed by atoms with E-state index >= 15 is 0 Å². The fourth-order valence-electron chi connectivity index (χ4n) is 3.13. The third-order valence-electron chi connectivity index (χ3n) is 4.61. The summed E-state index contributed by atoms with van der Waals surface area (Å²) >= 11 is 0. The number of hydrogen-bond acceptors (Lipinski definition) is 5. The molecule has 2 heterocycles. The molecule has 0 aliphatic rings. The predicted octanol–water partition coefficient (Wildman–Crippen LogP) is 1.74. The van der Waals surface area contributed by atoms with E-state index in [0.29, 0.717) is 17.4 Å². The van der Waals surface area contributed by atoms with Gasteiger partial charge >= 0.3 is 0 Å².